The summed E-state index contributed by atoms with van der Waals surface area (Å²) in [5.74, 6) is 1.17. The third-order valence-corrected chi connectivity index (χ3v) is 3.21. The molecule has 3 nitrogen and oxygen atoms in total. The molecule has 16 heavy (non-hydrogen) atoms. The lowest BCUT2D eigenvalue weighted by molar-refractivity contribution is -0.116. The second kappa shape index (κ2) is 3.37. The number of aromatic nitrogens is 1. The molecule has 0 radical (unpaired) electrons. The molecule has 0 saturated heterocycles. The molecule has 0 bridgehead atoms. The lowest BCUT2D eigenvalue weighted by Crippen LogP contribution is -2.35. The van der Waals surface area contributed by atoms with Crippen LogP contribution < -0.4 is 4.90 Å². The van der Waals surface area contributed by atoms with E-state index in [2.05, 4.69) is 22.8 Å². The average molecular weight is 214 g/mol. The molecular weight excluding hydrogens is 200 g/mol. The summed E-state index contributed by atoms with van der Waals surface area (Å²) in [5.41, 5.74) is 1.23. The lowest BCUT2D eigenvalue weighted by atomic mass is 10.2. The molecule has 1 aliphatic heterocycles. The maximum atomic E-state index is 11.6. The number of amides is 1. The van der Waals surface area contributed by atoms with Gasteiger partial charge in [-0.15, -0.1) is 0 Å². The number of benzene rings is 1. The maximum absolute atomic E-state index is 11.6. The first-order valence-corrected chi connectivity index (χ1v) is 5.64. The van der Waals surface area contributed by atoms with E-state index >= 15 is 0 Å². The van der Waals surface area contributed by atoms with Crippen LogP contribution in [-0.4, -0.2) is 17.0 Å². The van der Waals surface area contributed by atoms with E-state index in [1.54, 1.807) is 6.92 Å². The number of carbonyl (C=O) groups is 1. The monoisotopic (exact) mass is 214 g/mol. The fourth-order valence-corrected chi connectivity index (χ4v) is 2.47. The van der Waals surface area contributed by atoms with Crippen molar-refractivity contribution >= 4 is 22.6 Å². The standard InChI is InChI=1S/C13H14N2O/c1-10(16)14-7-4-8-15-12-6-3-2-5-11(12)9-13(14)15/h2-3,5-6,9H,4,7-8H2,1H3. The molecule has 1 amide bonds. The molecule has 3 rings (SSSR count). The summed E-state index contributed by atoms with van der Waals surface area (Å²) in [4.78, 5) is 13.4. The molecule has 2 aromatic rings. The zero-order chi connectivity index (χ0) is 11.1. The number of hydrogen-bond acceptors (Lipinski definition) is 1. The molecule has 0 unspecified atom stereocenters. The number of anilines is 1. The zero-order valence-corrected chi connectivity index (χ0v) is 9.31. The highest BCUT2D eigenvalue weighted by Gasteiger charge is 2.21. The Balaban J connectivity index is 2.25. The number of nitrogens with zero attached hydrogens (tertiary/aromatic N) is 2. The minimum Gasteiger partial charge on any atom is -0.327 e. The molecule has 0 aliphatic carbocycles. The molecule has 0 N–H and O–H groups in total. The Morgan fingerprint density at radius 3 is 2.88 bits per heavy atom. The molecule has 2 heterocycles. The summed E-state index contributed by atoms with van der Waals surface area (Å²) in [6.07, 6.45) is 1.03. The molecule has 0 spiro atoms. The topological polar surface area (TPSA) is 25.2 Å². The largest absolute Gasteiger partial charge is 0.327 e. The second-order valence-electron chi connectivity index (χ2n) is 4.24. The van der Waals surface area contributed by atoms with Crippen molar-refractivity contribution in [2.45, 2.75) is 19.9 Å². The summed E-state index contributed by atoms with van der Waals surface area (Å²) in [6.45, 7) is 3.48. The summed E-state index contributed by atoms with van der Waals surface area (Å²) in [7, 11) is 0. The quantitative estimate of drug-likeness (QED) is 0.661. The van der Waals surface area contributed by atoms with Gasteiger partial charge in [0.15, 0.2) is 0 Å². The lowest BCUT2D eigenvalue weighted by Gasteiger charge is -2.28. The normalized spacial score (nSPS) is 15.2. The van der Waals surface area contributed by atoms with Crippen LogP contribution in [0.4, 0.5) is 5.82 Å². The van der Waals surface area contributed by atoms with Gasteiger partial charge in [-0.1, -0.05) is 18.2 Å². The van der Waals surface area contributed by atoms with Gasteiger partial charge in [-0.05, 0) is 18.6 Å². The van der Waals surface area contributed by atoms with Crippen molar-refractivity contribution in [3.63, 3.8) is 0 Å². The van der Waals surface area contributed by atoms with Crippen molar-refractivity contribution in [3.05, 3.63) is 30.3 Å². The summed E-state index contributed by atoms with van der Waals surface area (Å²) in [5, 5.41) is 1.21. The molecule has 0 atom stereocenters. The van der Waals surface area contributed by atoms with E-state index in [-0.39, 0.29) is 5.91 Å². The van der Waals surface area contributed by atoms with Gasteiger partial charge in [0.2, 0.25) is 5.91 Å². The van der Waals surface area contributed by atoms with E-state index in [1.807, 2.05) is 17.0 Å². The highest BCUT2D eigenvalue weighted by molar-refractivity contribution is 5.95. The van der Waals surface area contributed by atoms with Crippen molar-refractivity contribution < 1.29 is 4.79 Å². The van der Waals surface area contributed by atoms with Gasteiger partial charge in [0.25, 0.3) is 0 Å². The fourth-order valence-electron chi connectivity index (χ4n) is 2.47. The molecule has 1 aromatic heterocycles. The van der Waals surface area contributed by atoms with Crippen LogP contribution in [0, 0.1) is 0 Å². The maximum Gasteiger partial charge on any atom is 0.224 e. The minimum absolute atomic E-state index is 0.128. The zero-order valence-electron chi connectivity index (χ0n) is 9.31. The van der Waals surface area contributed by atoms with E-state index in [0.29, 0.717) is 0 Å². The summed E-state index contributed by atoms with van der Waals surface area (Å²) >= 11 is 0. The Labute approximate surface area is 94.3 Å². The Morgan fingerprint density at radius 1 is 1.25 bits per heavy atom. The molecule has 1 aliphatic rings. The summed E-state index contributed by atoms with van der Waals surface area (Å²) in [6, 6.07) is 10.4. The van der Waals surface area contributed by atoms with Gasteiger partial charge in [0, 0.05) is 30.9 Å². The van der Waals surface area contributed by atoms with Crippen LogP contribution in [0.15, 0.2) is 30.3 Å². The van der Waals surface area contributed by atoms with Crippen molar-refractivity contribution in [1.29, 1.82) is 0 Å². The molecule has 1 aromatic carbocycles. The van der Waals surface area contributed by atoms with E-state index < -0.39 is 0 Å². The van der Waals surface area contributed by atoms with Crippen molar-refractivity contribution in [2.24, 2.45) is 0 Å². The van der Waals surface area contributed by atoms with E-state index in [0.717, 1.165) is 25.3 Å². The van der Waals surface area contributed by atoms with Gasteiger partial charge in [-0.2, -0.15) is 0 Å². The number of para-hydroxylation sites is 1. The molecule has 3 heteroatoms. The predicted molar refractivity (Wildman–Crippen MR) is 64.6 cm³/mol. The Morgan fingerprint density at radius 2 is 2.06 bits per heavy atom. The Hall–Kier alpha value is -1.77. The first kappa shape index (κ1) is 9.46. The number of hydrogen-bond donors (Lipinski definition) is 0. The smallest absolute Gasteiger partial charge is 0.224 e. The minimum atomic E-state index is 0.128. The third kappa shape index (κ3) is 1.24. The fraction of sp³-hybridized carbons (Fsp3) is 0.308. The van der Waals surface area contributed by atoms with Crippen LogP contribution >= 0.6 is 0 Å². The van der Waals surface area contributed by atoms with Crippen molar-refractivity contribution in [1.82, 2.24) is 4.57 Å². The van der Waals surface area contributed by atoms with E-state index in [1.165, 1.54) is 10.9 Å². The first-order chi connectivity index (χ1) is 7.77. The van der Waals surface area contributed by atoms with Gasteiger partial charge in [0.05, 0.1) is 0 Å². The Kier molecular flexibility index (Phi) is 1.99. The molecule has 0 fully saturated rings. The van der Waals surface area contributed by atoms with E-state index in [9.17, 15) is 4.79 Å². The molecule has 82 valence electrons. The van der Waals surface area contributed by atoms with Gasteiger partial charge < -0.3 is 4.57 Å². The number of rotatable bonds is 0. The number of aryl methyl sites for hydroxylation is 1. The number of carbonyl (C=O) groups excluding carboxylic acids is 1. The summed E-state index contributed by atoms with van der Waals surface area (Å²) < 4.78 is 2.24. The number of fused-ring (bicyclic) bond motifs is 3. The van der Waals surface area contributed by atoms with Crippen molar-refractivity contribution in [3.8, 4) is 0 Å². The van der Waals surface area contributed by atoms with Gasteiger partial charge in [0.1, 0.15) is 5.82 Å². The second-order valence-corrected chi connectivity index (χ2v) is 4.24. The third-order valence-electron chi connectivity index (χ3n) is 3.21. The molecule has 0 saturated carbocycles. The highest BCUT2D eigenvalue weighted by atomic mass is 16.2. The Bertz CT molecular complexity index is 556. The van der Waals surface area contributed by atoms with Gasteiger partial charge >= 0.3 is 0 Å². The van der Waals surface area contributed by atoms with Crippen molar-refractivity contribution in [2.75, 3.05) is 11.4 Å². The van der Waals surface area contributed by atoms with Crippen LogP contribution in [0.1, 0.15) is 13.3 Å². The predicted octanol–water partition coefficient (Wildman–Crippen LogP) is 2.40. The van der Waals surface area contributed by atoms with Crippen LogP contribution in [0.3, 0.4) is 0 Å². The van der Waals surface area contributed by atoms with Crippen LogP contribution in [0.25, 0.3) is 10.9 Å². The molecular formula is C13H14N2O. The van der Waals surface area contributed by atoms with E-state index in [4.69, 9.17) is 0 Å². The van der Waals surface area contributed by atoms with Gasteiger partial charge in [-0.3, -0.25) is 9.69 Å². The van der Waals surface area contributed by atoms with Crippen LogP contribution in [0.2, 0.25) is 0 Å². The average Bonchev–Trinajstić information content (AvgIpc) is 2.67. The SMILES string of the molecule is CC(=O)N1CCCn2c1cc1ccccc12. The van der Waals surface area contributed by atoms with Crippen LogP contribution in [-0.2, 0) is 11.3 Å². The van der Waals surface area contributed by atoms with Crippen LogP contribution in [0.5, 0.6) is 0 Å². The van der Waals surface area contributed by atoms with Gasteiger partial charge in [-0.25, -0.2) is 0 Å². The first-order valence-electron chi connectivity index (χ1n) is 5.64. The highest BCUT2D eigenvalue weighted by Crippen LogP contribution is 2.29.